The normalized spacial score (nSPS) is 15.0. The van der Waals surface area contributed by atoms with Crippen LogP contribution in [0.25, 0.3) is 0 Å². The number of nitrogens with zero attached hydrogens (tertiary/aromatic N) is 3. The lowest BCUT2D eigenvalue weighted by molar-refractivity contribution is 0.0989. The number of carbonyl (C=O) groups is 1. The molecule has 0 atom stereocenters. The van der Waals surface area contributed by atoms with Crippen LogP contribution in [0.15, 0.2) is 24.3 Å². The number of halogens is 1. The van der Waals surface area contributed by atoms with Crippen LogP contribution in [0.5, 0.6) is 0 Å². The molecule has 3 rings (SSSR count). The largest absolute Gasteiger partial charge is 0.363 e. The van der Waals surface area contributed by atoms with Crippen LogP contribution in [0.4, 0.5) is 4.39 Å². The molecule has 0 saturated carbocycles. The van der Waals surface area contributed by atoms with Crippen molar-refractivity contribution in [1.82, 2.24) is 14.3 Å². The summed E-state index contributed by atoms with van der Waals surface area (Å²) in [6.07, 6.45) is 3.09. The van der Waals surface area contributed by atoms with Gasteiger partial charge in [0.1, 0.15) is 5.82 Å². The summed E-state index contributed by atoms with van der Waals surface area (Å²) in [5.41, 5.74) is 6.73. The third kappa shape index (κ3) is 3.41. The highest BCUT2D eigenvalue weighted by Gasteiger charge is 2.28. The molecule has 0 saturated heterocycles. The van der Waals surface area contributed by atoms with Gasteiger partial charge in [-0.25, -0.2) is 22.8 Å². The highest BCUT2D eigenvalue weighted by molar-refractivity contribution is 7.88. The second-order valence-electron chi connectivity index (χ2n) is 5.41. The fourth-order valence-electron chi connectivity index (χ4n) is 2.45. The number of nitrogens with two attached hydrogens (primary N) is 1. The zero-order valence-electron chi connectivity index (χ0n) is 12.6. The van der Waals surface area contributed by atoms with Gasteiger partial charge in [0.05, 0.1) is 24.2 Å². The van der Waals surface area contributed by atoms with E-state index in [9.17, 15) is 17.6 Å². The number of primary amides is 1. The molecule has 0 spiro atoms. The Morgan fingerprint density at radius 3 is 2.71 bits per heavy atom. The van der Waals surface area contributed by atoms with Crippen molar-refractivity contribution in [2.24, 2.45) is 5.73 Å². The molecule has 0 unspecified atom stereocenters. The van der Waals surface area contributed by atoms with Crippen molar-refractivity contribution in [3.8, 4) is 0 Å². The molecule has 9 heteroatoms. The molecule has 0 fully saturated rings. The molecule has 24 heavy (non-hydrogen) atoms. The third-order valence-electron chi connectivity index (χ3n) is 3.70. The van der Waals surface area contributed by atoms with E-state index in [1.807, 2.05) is 0 Å². The second kappa shape index (κ2) is 6.25. The van der Waals surface area contributed by atoms with Crippen molar-refractivity contribution >= 4 is 15.9 Å². The summed E-state index contributed by atoms with van der Waals surface area (Å²) in [5.74, 6) is -1.64. The lowest BCUT2D eigenvalue weighted by Crippen LogP contribution is -2.37. The molecule has 1 radical (unpaired) electrons. The van der Waals surface area contributed by atoms with Gasteiger partial charge in [0.25, 0.3) is 5.91 Å². The summed E-state index contributed by atoms with van der Waals surface area (Å²) in [6, 6.07) is 5.31. The zero-order chi connectivity index (χ0) is 17.3. The van der Waals surface area contributed by atoms with Crippen LogP contribution in [0, 0.1) is 12.0 Å². The number of amides is 1. The molecule has 1 aromatic carbocycles. The van der Waals surface area contributed by atoms with E-state index in [0.717, 1.165) is 0 Å². The van der Waals surface area contributed by atoms with Gasteiger partial charge < -0.3 is 5.73 Å². The first kappa shape index (κ1) is 16.5. The molecule has 2 aromatic rings. The maximum atomic E-state index is 12.9. The number of hydrogen-bond acceptors (Lipinski definition) is 5. The van der Waals surface area contributed by atoms with Crippen LogP contribution in [0.2, 0.25) is 0 Å². The van der Waals surface area contributed by atoms with E-state index in [-0.39, 0.29) is 24.7 Å². The number of fused-ring (bicyclic) bond motifs is 1. The first-order valence-electron chi connectivity index (χ1n) is 7.15. The van der Waals surface area contributed by atoms with E-state index in [4.69, 9.17) is 5.73 Å². The molecule has 2 heterocycles. The number of benzene rings is 1. The van der Waals surface area contributed by atoms with Crippen molar-refractivity contribution in [3.05, 3.63) is 58.9 Å². The summed E-state index contributed by atoms with van der Waals surface area (Å²) < 4.78 is 39.3. The molecule has 7 nitrogen and oxygen atoms in total. The van der Waals surface area contributed by atoms with Gasteiger partial charge in [-0.1, -0.05) is 12.1 Å². The van der Waals surface area contributed by atoms with E-state index in [1.165, 1.54) is 28.6 Å². The van der Waals surface area contributed by atoms with Crippen LogP contribution < -0.4 is 5.73 Å². The summed E-state index contributed by atoms with van der Waals surface area (Å²) in [7, 11) is -3.60. The maximum Gasteiger partial charge on any atom is 0.286 e. The van der Waals surface area contributed by atoms with Crippen molar-refractivity contribution in [2.75, 3.05) is 6.54 Å². The Bertz CT molecular complexity index is 884. The van der Waals surface area contributed by atoms with Gasteiger partial charge in [-0.2, -0.15) is 4.31 Å². The molecule has 0 bridgehead atoms. The van der Waals surface area contributed by atoms with Gasteiger partial charge in [-0.15, -0.1) is 0 Å². The van der Waals surface area contributed by atoms with Gasteiger partial charge in [-0.05, 0) is 24.1 Å². The van der Waals surface area contributed by atoms with Gasteiger partial charge in [0.2, 0.25) is 15.8 Å². The van der Waals surface area contributed by atoms with Crippen LogP contribution >= 0.6 is 0 Å². The van der Waals surface area contributed by atoms with Crippen LogP contribution in [0.1, 0.15) is 27.4 Å². The van der Waals surface area contributed by atoms with Crippen molar-refractivity contribution in [2.45, 2.75) is 18.7 Å². The van der Waals surface area contributed by atoms with Crippen LogP contribution in [-0.4, -0.2) is 35.1 Å². The summed E-state index contributed by atoms with van der Waals surface area (Å²) in [6.45, 7) is 0.296. The maximum absolute atomic E-state index is 12.9. The van der Waals surface area contributed by atoms with E-state index < -0.39 is 21.7 Å². The zero-order valence-corrected chi connectivity index (χ0v) is 13.4. The molecule has 0 aliphatic carbocycles. The Balaban J connectivity index is 1.81. The van der Waals surface area contributed by atoms with Crippen molar-refractivity contribution in [1.29, 1.82) is 0 Å². The fraction of sp³-hybridized carbons (Fsp3) is 0.267. The number of hydrogen-bond donors (Lipinski definition) is 1. The first-order valence-corrected chi connectivity index (χ1v) is 8.75. The summed E-state index contributed by atoms with van der Waals surface area (Å²) in [4.78, 5) is 18.9. The molecule has 125 valence electrons. The molecule has 2 N–H and O–H groups in total. The Morgan fingerprint density at radius 2 is 2.04 bits per heavy atom. The minimum absolute atomic E-state index is 0.0260. The number of rotatable bonds is 4. The van der Waals surface area contributed by atoms with Crippen molar-refractivity contribution in [3.63, 3.8) is 0 Å². The van der Waals surface area contributed by atoms with Gasteiger partial charge >= 0.3 is 0 Å². The highest BCUT2D eigenvalue weighted by atomic mass is 32.2. The number of aromatic nitrogens is 2. The van der Waals surface area contributed by atoms with E-state index >= 15 is 0 Å². The van der Waals surface area contributed by atoms with Crippen molar-refractivity contribution < 1.29 is 17.6 Å². The van der Waals surface area contributed by atoms with Gasteiger partial charge in [-0.3, -0.25) is 4.79 Å². The fourth-order valence-corrected chi connectivity index (χ4v) is 3.93. The Labute approximate surface area is 138 Å². The van der Waals surface area contributed by atoms with E-state index in [1.54, 1.807) is 0 Å². The predicted molar refractivity (Wildman–Crippen MR) is 82.5 cm³/mol. The Kier molecular flexibility index (Phi) is 4.29. The molecule has 1 aliphatic heterocycles. The quantitative estimate of drug-likeness (QED) is 0.860. The summed E-state index contributed by atoms with van der Waals surface area (Å²) in [5, 5.41) is 0. The molecule has 1 aliphatic rings. The smallest absolute Gasteiger partial charge is 0.286 e. The number of carbonyl (C=O) groups excluding carboxylic acids is 1. The summed E-state index contributed by atoms with van der Waals surface area (Å²) >= 11 is 0. The minimum atomic E-state index is -3.60. The highest BCUT2D eigenvalue weighted by Crippen LogP contribution is 2.21. The average Bonchev–Trinajstić information content (AvgIpc) is 2.55. The Hall–Kier alpha value is -2.39. The topological polar surface area (TPSA) is 106 Å². The standard InChI is InChI=1S/C15H14FN4O3S/c16-12-3-1-10(2-4-12)9-24(22,23)20-6-5-11-7-18-15(14(17)21)19-13(11)8-20/h1-4H,5-6,8-9H2,(H2,17,21). The second-order valence-corrected chi connectivity index (χ2v) is 7.38. The lowest BCUT2D eigenvalue weighted by atomic mass is 10.1. The van der Waals surface area contributed by atoms with E-state index in [2.05, 4.69) is 16.2 Å². The minimum Gasteiger partial charge on any atom is -0.363 e. The Morgan fingerprint density at radius 1 is 1.33 bits per heavy atom. The van der Waals surface area contributed by atoms with Gasteiger partial charge in [0, 0.05) is 12.1 Å². The molecular weight excluding hydrogens is 335 g/mol. The molecular formula is C15H14FN4O3S. The molecule has 1 amide bonds. The number of sulfonamides is 1. The van der Waals surface area contributed by atoms with Crippen LogP contribution in [-0.2, 0) is 28.7 Å². The monoisotopic (exact) mass is 349 g/mol. The molecule has 1 aromatic heterocycles. The average molecular weight is 349 g/mol. The van der Waals surface area contributed by atoms with Gasteiger partial charge in [0.15, 0.2) is 0 Å². The first-order chi connectivity index (χ1) is 11.3. The van der Waals surface area contributed by atoms with Crippen LogP contribution in [0.3, 0.4) is 0 Å². The van der Waals surface area contributed by atoms with E-state index in [0.29, 0.717) is 23.2 Å². The predicted octanol–water partition coefficient (Wildman–Crippen LogP) is 0.403. The SMILES string of the molecule is NC(=O)c1n[c]c2c(n1)CN(S(=O)(=O)Cc1ccc(F)cc1)CC2. The lowest BCUT2D eigenvalue weighted by Gasteiger charge is -2.27. The third-order valence-corrected chi connectivity index (χ3v) is 5.50.